The summed E-state index contributed by atoms with van der Waals surface area (Å²) in [6, 6.07) is 16.3. The van der Waals surface area contributed by atoms with Crippen molar-refractivity contribution in [1.82, 2.24) is 9.80 Å². The van der Waals surface area contributed by atoms with Gasteiger partial charge in [-0.1, -0.05) is 42.5 Å². The van der Waals surface area contributed by atoms with E-state index in [0.717, 1.165) is 31.7 Å². The Kier molecular flexibility index (Phi) is 6.21. The standard InChI is InChI=1S/C21H25N3O3/c1-22-11-13-23(14-12-22)16-20(25)24(15-17-7-3-2-4-8-17)19-10-6-5-9-18(19)21(26)27/h2-10H,11-16H2,1H3,(H,26,27). The largest absolute Gasteiger partial charge is 0.478 e. The van der Waals surface area contributed by atoms with E-state index in [0.29, 0.717) is 12.2 Å². The smallest absolute Gasteiger partial charge is 0.337 e. The van der Waals surface area contributed by atoms with Gasteiger partial charge in [0.25, 0.3) is 0 Å². The topological polar surface area (TPSA) is 64.1 Å². The van der Waals surface area contributed by atoms with Gasteiger partial charge < -0.3 is 14.9 Å². The molecular weight excluding hydrogens is 342 g/mol. The van der Waals surface area contributed by atoms with Crippen molar-refractivity contribution in [2.75, 3.05) is 44.7 Å². The molecule has 0 aliphatic carbocycles. The molecule has 1 aliphatic heterocycles. The van der Waals surface area contributed by atoms with Gasteiger partial charge in [-0.25, -0.2) is 4.79 Å². The van der Waals surface area contributed by atoms with Crippen LogP contribution in [0.4, 0.5) is 5.69 Å². The van der Waals surface area contributed by atoms with Gasteiger partial charge in [-0.05, 0) is 24.7 Å². The van der Waals surface area contributed by atoms with Crippen molar-refractivity contribution in [3.8, 4) is 0 Å². The molecule has 0 atom stereocenters. The average molecular weight is 367 g/mol. The number of likely N-dealkylation sites (N-methyl/N-ethyl adjacent to an activating group) is 1. The molecule has 142 valence electrons. The predicted octanol–water partition coefficient (Wildman–Crippen LogP) is 2.17. The first-order valence-corrected chi connectivity index (χ1v) is 9.12. The molecule has 0 spiro atoms. The fraction of sp³-hybridized carbons (Fsp3) is 0.333. The number of benzene rings is 2. The normalized spacial score (nSPS) is 15.4. The Hall–Kier alpha value is -2.70. The second kappa shape index (κ2) is 8.79. The van der Waals surface area contributed by atoms with Crippen LogP contribution in [0.25, 0.3) is 0 Å². The summed E-state index contributed by atoms with van der Waals surface area (Å²) in [7, 11) is 2.07. The average Bonchev–Trinajstić information content (AvgIpc) is 2.68. The van der Waals surface area contributed by atoms with Gasteiger partial charge in [-0.2, -0.15) is 0 Å². The van der Waals surface area contributed by atoms with E-state index in [1.54, 1.807) is 29.2 Å². The molecule has 1 aliphatic rings. The van der Waals surface area contributed by atoms with Crippen LogP contribution in [0.15, 0.2) is 54.6 Å². The Labute approximate surface area is 159 Å². The molecule has 1 heterocycles. The molecule has 2 aromatic carbocycles. The van der Waals surface area contributed by atoms with Gasteiger partial charge in [0.05, 0.1) is 24.3 Å². The SMILES string of the molecule is CN1CCN(CC(=O)N(Cc2ccccc2)c2ccccc2C(=O)O)CC1. The van der Waals surface area contributed by atoms with E-state index in [2.05, 4.69) is 16.8 Å². The summed E-state index contributed by atoms with van der Waals surface area (Å²) < 4.78 is 0. The number of anilines is 1. The van der Waals surface area contributed by atoms with E-state index in [9.17, 15) is 14.7 Å². The summed E-state index contributed by atoms with van der Waals surface area (Å²) in [6.45, 7) is 4.16. The van der Waals surface area contributed by atoms with Crippen molar-refractivity contribution in [3.05, 3.63) is 65.7 Å². The Bertz CT molecular complexity index is 786. The van der Waals surface area contributed by atoms with E-state index < -0.39 is 5.97 Å². The number of hydrogen-bond donors (Lipinski definition) is 1. The van der Waals surface area contributed by atoms with Crippen LogP contribution in [0.5, 0.6) is 0 Å². The van der Waals surface area contributed by atoms with Crippen LogP contribution in [-0.4, -0.2) is 66.6 Å². The van der Waals surface area contributed by atoms with Gasteiger partial charge in [0.1, 0.15) is 0 Å². The van der Waals surface area contributed by atoms with Crippen LogP contribution >= 0.6 is 0 Å². The molecule has 0 unspecified atom stereocenters. The number of rotatable bonds is 6. The fourth-order valence-electron chi connectivity index (χ4n) is 3.25. The lowest BCUT2D eigenvalue weighted by molar-refractivity contribution is -0.120. The molecule has 1 fully saturated rings. The third-order valence-corrected chi connectivity index (χ3v) is 4.86. The van der Waals surface area contributed by atoms with Crippen LogP contribution in [-0.2, 0) is 11.3 Å². The molecule has 0 saturated carbocycles. The van der Waals surface area contributed by atoms with Crippen molar-refractivity contribution in [2.45, 2.75) is 6.54 Å². The molecule has 0 bridgehead atoms. The molecule has 0 aromatic heterocycles. The Morgan fingerprint density at radius 1 is 0.963 bits per heavy atom. The van der Waals surface area contributed by atoms with Crippen LogP contribution < -0.4 is 4.90 Å². The van der Waals surface area contributed by atoms with Crippen molar-refractivity contribution < 1.29 is 14.7 Å². The highest BCUT2D eigenvalue weighted by atomic mass is 16.4. The van der Waals surface area contributed by atoms with Crippen molar-refractivity contribution in [3.63, 3.8) is 0 Å². The van der Waals surface area contributed by atoms with E-state index in [1.165, 1.54) is 0 Å². The maximum absolute atomic E-state index is 13.2. The van der Waals surface area contributed by atoms with E-state index >= 15 is 0 Å². The highest BCUT2D eigenvalue weighted by Gasteiger charge is 2.24. The first-order valence-electron chi connectivity index (χ1n) is 9.12. The maximum atomic E-state index is 13.2. The minimum absolute atomic E-state index is 0.0860. The van der Waals surface area contributed by atoms with Gasteiger partial charge in [0, 0.05) is 26.2 Å². The number of carboxylic acid groups (broad SMARTS) is 1. The first-order chi connectivity index (χ1) is 13.0. The highest BCUT2D eigenvalue weighted by molar-refractivity contribution is 6.02. The van der Waals surface area contributed by atoms with Gasteiger partial charge in [0.2, 0.25) is 5.91 Å². The van der Waals surface area contributed by atoms with Crippen LogP contribution in [0, 0.1) is 0 Å². The van der Waals surface area contributed by atoms with Gasteiger partial charge in [-0.15, -0.1) is 0 Å². The summed E-state index contributed by atoms with van der Waals surface area (Å²) in [5.74, 6) is -1.12. The third kappa shape index (κ3) is 4.93. The number of amides is 1. The van der Waals surface area contributed by atoms with Gasteiger partial charge >= 0.3 is 5.97 Å². The number of hydrogen-bond acceptors (Lipinski definition) is 4. The molecule has 27 heavy (non-hydrogen) atoms. The highest BCUT2D eigenvalue weighted by Crippen LogP contribution is 2.23. The fourth-order valence-corrected chi connectivity index (χ4v) is 3.25. The van der Waals surface area contributed by atoms with Crippen LogP contribution in [0.2, 0.25) is 0 Å². The molecule has 3 rings (SSSR count). The maximum Gasteiger partial charge on any atom is 0.337 e. The minimum atomic E-state index is -1.03. The molecule has 6 nitrogen and oxygen atoms in total. The zero-order chi connectivity index (χ0) is 19.2. The first kappa shape index (κ1) is 19.1. The lowest BCUT2D eigenvalue weighted by Crippen LogP contribution is -2.49. The Morgan fingerprint density at radius 3 is 2.26 bits per heavy atom. The number of para-hydroxylation sites is 1. The monoisotopic (exact) mass is 367 g/mol. The number of piperazine rings is 1. The minimum Gasteiger partial charge on any atom is -0.478 e. The molecule has 2 aromatic rings. The Balaban J connectivity index is 1.86. The summed E-state index contributed by atoms with van der Waals surface area (Å²) in [4.78, 5) is 30.8. The lowest BCUT2D eigenvalue weighted by Gasteiger charge is -2.33. The third-order valence-electron chi connectivity index (χ3n) is 4.86. The predicted molar refractivity (Wildman–Crippen MR) is 105 cm³/mol. The summed E-state index contributed by atoms with van der Waals surface area (Å²) in [6.07, 6.45) is 0. The quantitative estimate of drug-likeness (QED) is 0.848. The number of carboxylic acids is 1. The summed E-state index contributed by atoms with van der Waals surface area (Å²) >= 11 is 0. The molecular formula is C21H25N3O3. The van der Waals surface area contributed by atoms with E-state index in [-0.39, 0.29) is 18.0 Å². The molecule has 1 N–H and O–H groups in total. The lowest BCUT2D eigenvalue weighted by atomic mass is 10.1. The molecule has 0 radical (unpaired) electrons. The number of aromatic carboxylic acids is 1. The van der Waals surface area contributed by atoms with Gasteiger partial charge in [0.15, 0.2) is 0 Å². The zero-order valence-corrected chi connectivity index (χ0v) is 15.5. The van der Waals surface area contributed by atoms with E-state index in [1.807, 2.05) is 30.3 Å². The number of carbonyl (C=O) groups is 2. The number of carbonyl (C=O) groups excluding carboxylic acids is 1. The van der Waals surface area contributed by atoms with Gasteiger partial charge in [-0.3, -0.25) is 9.69 Å². The number of nitrogens with zero attached hydrogens (tertiary/aromatic N) is 3. The van der Waals surface area contributed by atoms with Crippen LogP contribution in [0.3, 0.4) is 0 Å². The zero-order valence-electron chi connectivity index (χ0n) is 15.5. The second-order valence-electron chi connectivity index (χ2n) is 6.87. The summed E-state index contributed by atoms with van der Waals surface area (Å²) in [5.41, 5.74) is 1.54. The molecule has 1 amide bonds. The van der Waals surface area contributed by atoms with E-state index in [4.69, 9.17) is 0 Å². The second-order valence-corrected chi connectivity index (χ2v) is 6.87. The summed E-state index contributed by atoms with van der Waals surface area (Å²) in [5, 5.41) is 9.56. The Morgan fingerprint density at radius 2 is 1.59 bits per heavy atom. The molecule has 6 heteroatoms. The van der Waals surface area contributed by atoms with Crippen molar-refractivity contribution >= 4 is 17.6 Å². The van der Waals surface area contributed by atoms with Crippen molar-refractivity contribution in [1.29, 1.82) is 0 Å². The van der Waals surface area contributed by atoms with Crippen molar-refractivity contribution in [2.24, 2.45) is 0 Å². The van der Waals surface area contributed by atoms with Crippen LogP contribution in [0.1, 0.15) is 15.9 Å². The molecule has 1 saturated heterocycles.